The Labute approximate surface area is 257 Å². The zero-order chi connectivity index (χ0) is 30.6. The van der Waals surface area contributed by atoms with Crippen molar-refractivity contribution in [3.63, 3.8) is 0 Å². The third-order valence-electron chi connectivity index (χ3n) is 8.62. The van der Waals surface area contributed by atoms with Gasteiger partial charge in [0.15, 0.2) is 12.1 Å². The zero-order valence-corrected chi connectivity index (χ0v) is 25.5. The molecule has 232 valence electrons. The number of ether oxygens (including phenoxy) is 4. The predicted molar refractivity (Wildman–Crippen MR) is 165 cm³/mol. The van der Waals surface area contributed by atoms with Gasteiger partial charge < -0.3 is 29.2 Å². The van der Waals surface area contributed by atoms with Crippen LogP contribution < -0.4 is 9.47 Å². The van der Waals surface area contributed by atoms with E-state index in [1.165, 1.54) is 33.1 Å². The molecule has 0 amide bonds. The number of fused-ring (bicyclic) bond motifs is 1. The highest BCUT2D eigenvalue weighted by molar-refractivity contribution is 5.69. The highest BCUT2D eigenvalue weighted by Gasteiger charge is 2.28. The van der Waals surface area contributed by atoms with Crippen molar-refractivity contribution in [2.24, 2.45) is 0 Å². The van der Waals surface area contributed by atoms with E-state index in [-0.39, 0.29) is 18.1 Å². The van der Waals surface area contributed by atoms with Gasteiger partial charge >= 0.3 is 0 Å². The molecule has 10 heteroatoms. The van der Waals surface area contributed by atoms with Crippen LogP contribution in [0.3, 0.4) is 0 Å². The molecular formula is C34H40N4O6. The third-order valence-corrected chi connectivity index (χ3v) is 8.62. The molecule has 1 saturated heterocycles. The fourth-order valence-corrected chi connectivity index (χ4v) is 6.13. The largest absolute Gasteiger partial charge is 0.488 e. The van der Waals surface area contributed by atoms with Crippen LogP contribution in [0.5, 0.6) is 11.6 Å². The molecule has 1 fully saturated rings. The molecule has 1 atom stereocenters. The van der Waals surface area contributed by atoms with Crippen LogP contribution in [0, 0.1) is 13.8 Å². The average molecular weight is 601 g/mol. The number of methoxy groups -OCH3 is 1. The Morgan fingerprint density at radius 2 is 1.91 bits per heavy atom. The molecule has 44 heavy (non-hydrogen) atoms. The van der Waals surface area contributed by atoms with Gasteiger partial charge in [0, 0.05) is 38.4 Å². The van der Waals surface area contributed by atoms with Gasteiger partial charge in [-0.3, -0.25) is 4.90 Å². The second-order valence-corrected chi connectivity index (χ2v) is 11.4. The summed E-state index contributed by atoms with van der Waals surface area (Å²) in [7, 11) is 1.57. The van der Waals surface area contributed by atoms with E-state index in [2.05, 4.69) is 29.1 Å². The molecule has 2 aromatic carbocycles. The number of hydrogen-bond acceptors (Lipinski definition) is 9. The maximum atomic E-state index is 9.86. The summed E-state index contributed by atoms with van der Waals surface area (Å²) in [5, 5.41) is 24.1. The monoisotopic (exact) mass is 600 g/mol. The van der Waals surface area contributed by atoms with Gasteiger partial charge in [0.2, 0.25) is 5.88 Å². The molecule has 4 heterocycles. The molecule has 2 aliphatic rings. The Hall–Kier alpha value is -3.80. The van der Waals surface area contributed by atoms with E-state index in [4.69, 9.17) is 23.9 Å². The SMILES string of the molecule is COCCOc1c(C(O)O)cnn1-c1cccc(-c2cccc(C)c2OCc2ccc3c(c2C)CCN(C2CCOC2)C3)n1. The van der Waals surface area contributed by atoms with Crippen LogP contribution in [-0.4, -0.2) is 76.0 Å². The third kappa shape index (κ3) is 6.22. The van der Waals surface area contributed by atoms with Crippen LogP contribution in [0.2, 0.25) is 0 Å². The number of aliphatic hydroxyl groups is 2. The number of benzene rings is 2. The summed E-state index contributed by atoms with van der Waals surface area (Å²) in [5.74, 6) is 1.44. The molecule has 0 aliphatic carbocycles. The normalized spacial score (nSPS) is 16.8. The van der Waals surface area contributed by atoms with Gasteiger partial charge in [-0.1, -0.05) is 30.3 Å². The molecule has 1 unspecified atom stereocenters. The van der Waals surface area contributed by atoms with E-state index < -0.39 is 6.29 Å². The van der Waals surface area contributed by atoms with Gasteiger partial charge in [0.05, 0.1) is 30.7 Å². The molecule has 0 spiro atoms. The summed E-state index contributed by atoms with van der Waals surface area (Å²) in [4.78, 5) is 7.44. The summed E-state index contributed by atoms with van der Waals surface area (Å²) < 4.78 is 24.5. The second kappa shape index (κ2) is 13.5. The fraction of sp³-hybridized carbons (Fsp3) is 0.412. The van der Waals surface area contributed by atoms with Crippen molar-refractivity contribution in [2.45, 2.75) is 52.2 Å². The van der Waals surface area contributed by atoms with Crippen LogP contribution in [0.25, 0.3) is 17.1 Å². The quantitative estimate of drug-likeness (QED) is 0.192. The lowest BCUT2D eigenvalue weighted by atomic mass is 9.91. The molecule has 6 rings (SSSR count). The Morgan fingerprint density at radius 3 is 2.70 bits per heavy atom. The molecule has 0 radical (unpaired) electrons. The number of aryl methyl sites for hydroxylation is 1. The molecular weight excluding hydrogens is 560 g/mol. The number of pyridine rings is 1. The second-order valence-electron chi connectivity index (χ2n) is 11.4. The Morgan fingerprint density at radius 1 is 1.05 bits per heavy atom. The fourth-order valence-electron chi connectivity index (χ4n) is 6.13. The Kier molecular flexibility index (Phi) is 9.25. The number of rotatable bonds is 11. The van der Waals surface area contributed by atoms with Crippen LogP contribution in [0.15, 0.2) is 54.7 Å². The highest BCUT2D eigenvalue weighted by atomic mass is 16.5. The smallest absolute Gasteiger partial charge is 0.226 e. The van der Waals surface area contributed by atoms with Crippen molar-refractivity contribution >= 4 is 0 Å². The van der Waals surface area contributed by atoms with E-state index in [0.29, 0.717) is 30.8 Å². The lowest BCUT2D eigenvalue weighted by molar-refractivity contribution is -0.0445. The van der Waals surface area contributed by atoms with E-state index in [1.807, 2.05) is 37.3 Å². The molecule has 0 saturated carbocycles. The first-order valence-electron chi connectivity index (χ1n) is 15.1. The van der Waals surface area contributed by atoms with Crippen LogP contribution >= 0.6 is 0 Å². The van der Waals surface area contributed by atoms with E-state index in [0.717, 1.165) is 56.0 Å². The minimum absolute atomic E-state index is 0.147. The first kappa shape index (κ1) is 30.2. The molecule has 2 N–H and O–H groups in total. The first-order valence-corrected chi connectivity index (χ1v) is 15.1. The van der Waals surface area contributed by atoms with Gasteiger partial charge in [0.25, 0.3) is 0 Å². The van der Waals surface area contributed by atoms with E-state index in [9.17, 15) is 10.2 Å². The van der Waals surface area contributed by atoms with E-state index >= 15 is 0 Å². The Balaban J connectivity index is 1.24. The van der Waals surface area contributed by atoms with Crippen LogP contribution in [-0.2, 0) is 29.0 Å². The summed E-state index contributed by atoms with van der Waals surface area (Å²) >= 11 is 0. The standard InChI is InChI=1S/C34H40N4O6/c1-22-6-4-7-28(30-8-5-9-31(36-30)38-33(43-17-16-41-3)29(18-35-38)34(39)40)32(22)44-20-25-11-10-24-19-37(26-13-15-42-21-26)14-12-27(24)23(25)2/h4-11,18,26,34,39-40H,12-17,19-21H2,1-3H3. The van der Waals surface area contributed by atoms with Gasteiger partial charge in [-0.05, 0) is 72.7 Å². The highest BCUT2D eigenvalue weighted by Crippen LogP contribution is 2.35. The van der Waals surface area contributed by atoms with Crippen molar-refractivity contribution in [3.8, 4) is 28.7 Å². The van der Waals surface area contributed by atoms with Gasteiger partial charge in [0.1, 0.15) is 19.0 Å². The molecule has 0 bridgehead atoms. The maximum absolute atomic E-state index is 9.86. The van der Waals surface area contributed by atoms with Gasteiger partial charge in [-0.25, -0.2) is 4.98 Å². The maximum Gasteiger partial charge on any atom is 0.226 e. The minimum Gasteiger partial charge on any atom is -0.488 e. The molecule has 2 aromatic heterocycles. The van der Waals surface area contributed by atoms with Crippen LogP contribution in [0.4, 0.5) is 0 Å². The lowest BCUT2D eigenvalue weighted by Crippen LogP contribution is -2.39. The van der Waals surface area contributed by atoms with Crippen molar-refractivity contribution in [1.82, 2.24) is 19.7 Å². The molecule has 4 aromatic rings. The number of nitrogens with zero attached hydrogens (tertiary/aromatic N) is 4. The number of aromatic nitrogens is 3. The average Bonchev–Trinajstić information content (AvgIpc) is 3.72. The first-order chi connectivity index (χ1) is 21.4. The molecule has 10 nitrogen and oxygen atoms in total. The topological polar surface area (TPSA) is 111 Å². The van der Waals surface area contributed by atoms with E-state index in [1.54, 1.807) is 13.2 Å². The number of para-hydroxylation sites is 1. The van der Waals surface area contributed by atoms with Crippen molar-refractivity contribution in [3.05, 3.63) is 88.1 Å². The summed E-state index contributed by atoms with van der Waals surface area (Å²) in [6.45, 7) is 8.99. The van der Waals surface area contributed by atoms with Gasteiger partial charge in [-0.2, -0.15) is 9.78 Å². The predicted octanol–water partition coefficient (Wildman–Crippen LogP) is 4.29. The summed E-state index contributed by atoms with van der Waals surface area (Å²) in [5.41, 5.74) is 8.04. The summed E-state index contributed by atoms with van der Waals surface area (Å²) in [6, 6.07) is 16.6. The van der Waals surface area contributed by atoms with Crippen molar-refractivity contribution in [1.29, 1.82) is 0 Å². The minimum atomic E-state index is -1.74. The molecule has 2 aliphatic heterocycles. The number of aliphatic hydroxyl groups excluding tert-OH is 1. The Bertz CT molecular complexity index is 1600. The lowest BCUT2D eigenvalue weighted by Gasteiger charge is -2.34. The van der Waals surface area contributed by atoms with Crippen LogP contribution in [0.1, 0.15) is 46.1 Å². The van der Waals surface area contributed by atoms with Crippen molar-refractivity contribution < 1.29 is 29.2 Å². The van der Waals surface area contributed by atoms with Crippen molar-refractivity contribution in [2.75, 3.05) is 40.1 Å². The zero-order valence-electron chi connectivity index (χ0n) is 25.5. The summed E-state index contributed by atoms with van der Waals surface area (Å²) in [6.07, 6.45) is 1.78. The number of hydrogen-bond donors (Lipinski definition) is 2. The van der Waals surface area contributed by atoms with Gasteiger partial charge in [-0.15, -0.1) is 0 Å².